The Bertz CT molecular complexity index is 1050. The average Bonchev–Trinajstić information content (AvgIpc) is 2.43. The minimum Gasteiger partial charge on any atom is -0.744 e. The molecule has 4 aromatic rings. The highest BCUT2D eigenvalue weighted by molar-refractivity contribution is 7.86. The van der Waals surface area contributed by atoms with Crippen molar-refractivity contribution in [3.05, 3.63) is 54.6 Å². The molecule has 3 nitrogen and oxygen atoms in total. The van der Waals surface area contributed by atoms with Gasteiger partial charge < -0.3 is 4.55 Å². The van der Waals surface area contributed by atoms with E-state index in [0.717, 1.165) is 26.9 Å². The molecule has 4 heteroatoms. The van der Waals surface area contributed by atoms with Crippen molar-refractivity contribution in [3.63, 3.8) is 0 Å². The summed E-state index contributed by atoms with van der Waals surface area (Å²) in [5, 5.41) is 5.38. The Hall–Kier alpha value is -2.17. The fourth-order valence-corrected chi connectivity index (χ4v) is 3.60. The third kappa shape index (κ3) is 1.46. The SMILES string of the molecule is O=S(=O)([O-])c1ccc2ccc3cccc4ccc1c2c34. The second-order valence-electron chi connectivity index (χ2n) is 4.87. The predicted molar refractivity (Wildman–Crippen MR) is 78.1 cm³/mol. The zero-order valence-corrected chi connectivity index (χ0v) is 11.1. The first-order valence-corrected chi connectivity index (χ1v) is 7.59. The van der Waals surface area contributed by atoms with Gasteiger partial charge in [0.05, 0.1) is 4.90 Å². The topological polar surface area (TPSA) is 57.2 Å². The number of hydrogen-bond acceptors (Lipinski definition) is 3. The normalized spacial score (nSPS) is 12.7. The standard InChI is InChI=1S/C16H10O3S/c17-20(18,19)14-9-7-12-5-4-10-2-1-3-11-6-8-13(14)16(12)15(10)11/h1-9H,(H,17,18,19)/p-1. The molecule has 0 bridgehead atoms. The van der Waals surface area contributed by atoms with Gasteiger partial charge in [-0.3, -0.25) is 0 Å². The Morgan fingerprint density at radius 1 is 0.700 bits per heavy atom. The highest BCUT2D eigenvalue weighted by Crippen LogP contribution is 2.36. The maximum Gasteiger partial charge on any atom is 0.125 e. The summed E-state index contributed by atoms with van der Waals surface area (Å²) < 4.78 is 34.3. The molecule has 0 aliphatic carbocycles. The molecule has 4 aromatic carbocycles. The first-order valence-electron chi connectivity index (χ1n) is 6.18. The molecular formula is C16H9O3S-. The van der Waals surface area contributed by atoms with Gasteiger partial charge in [0.15, 0.2) is 0 Å². The number of hydrogen-bond donors (Lipinski definition) is 0. The molecule has 0 saturated heterocycles. The van der Waals surface area contributed by atoms with Crippen LogP contribution in [0.1, 0.15) is 0 Å². The van der Waals surface area contributed by atoms with Crippen LogP contribution in [0.25, 0.3) is 32.3 Å². The zero-order valence-electron chi connectivity index (χ0n) is 10.3. The Kier molecular flexibility index (Phi) is 2.14. The lowest BCUT2D eigenvalue weighted by molar-refractivity contribution is 0.464. The summed E-state index contributed by atoms with van der Waals surface area (Å²) in [6, 6.07) is 16.6. The van der Waals surface area contributed by atoms with Crippen LogP contribution in [0.3, 0.4) is 0 Å². The van der Waals surface area contributed by atoms with E-state index in [1.807, 2.05) is 36.4 Å². The van der Waals surface area contributed by atoms with E-state index in [1.54, 1.807) is 12.1 Å². The lowest BCUT2D eigenvalue weighted by atomic mass is 9.94. The van der Waals surface area contributed by atoms with Crippen molar-refractivity contribution in [1.82, 2.24) is 0 Å². The number of benzene rings is 4. The van der Waals surface area contributed by atoms with Crippen molar-refractivity contribution in [2.45, 2.75) is 4.90 Å². The molecule has 0 atom stereocenters. The van der Waals surface area contributed by atoms with Gasteiger partial charge in [0.25, 0.3) is 0 Å². The molecule has 0 fully saturated rings. The molecule has 0 spiro atoms. The Morgan fingerprint density at radius 3 is 1.90 bits per heavy atom. The fraction of sp³-hybridized carbons (Fsp3) is 0. The third-order valence-electron chi connectivity index (χ3n) is 3.76. The smallest absolute Gasteiger partial charge is 0.125 e. The van der Waals surface area contributed by atoms with Crippen molar-refractivity contribution < 1.29 is 13.0 Å². The van der Waals surface area contributed by atoms with Crippen LogP contribution in [0.4, 0.5) is 0 Å². The van der Waals surface area contributed by atoms with Crippen LogP contribution in [-0.2, 0) is 10.1 Å². The molecule has 0 saturated carbocycles. The Morgan fingerprint density at radius 2 is 1.25 bits per heavy atom. The lowest BCUT2D eigenvalue weighted by Crippen LogP contribution is -2.00. The summed E-state index contributed by atoms with van der Waals surface area (Å²) in [4.78, 5) is -0.150. The van der Waals surface area contributed by atoms with Crippen molar-refractivity contribution >= 4 is 42.4 Å². The molecule has 0 aromatic heterocycles. The van der Waals surface area contributed by atoms with E-state index in [1.165, 1.54) is 6.07 Å². The van der Waals surface area contributed by atoms with Gasteiger partial charge in [-0.1, -0.05) is 48.5 Å². The molecule has 0 radical (unpaired) electrons. The van der Waals surface area contributed by atoms with Crippen molar-refractivity contribution in [1.29, 1.82) is 0 Å². The van der Waals surface area contributed by atoms with Crippen molar-refractivity contribution in [2.24, 2.45) is 0 Å². The Balaban J connectivity index is 2.39. The highest BCUT2D eigenvalue weighted by Gasteiger charge is 2.13. The van der Waals surface area contributed by atoms with Crippen LogP contribution >= 0.6 is 0 Å². The van der Waals surface area contributed by atoms with E-state index in [9.17, 15) is 13.0 Å². The molecule has 4 rings (SSSR count). The second-order valence-corrected chi connectivity index (χ2v) is 6.22. The summed E-state index contributed by atoms with van der Waals surface area (Å²) in [5.74, 6) is 0. The molecular weight excluding hydrogens is 272 g/mol. The first-order chi connectivity index (χ1) is 9.55. The van der Waals surface area contributed by atoms with Crippen molar-refractivity contribution in [3.8, 4) is 0 Å². The van der Waals surface area contributed by atoms with Gasteiger partial charge in [-0.15, -0.1) is 0 Å². The van der Waals surface area contributed by atoms with E-state index < -0.39 is 10.1 Å². The lowest BCUT2D eigenvalue weighted by Gasteiger charge is -2.15. The van der Waals surface area contributed by atoms with Gasteiger partial charge in [0.1, 0.15) is 10.1 Å². The van der Waals surface area contributed by atoms with Gasteiger partial charge in [-0.05, 0) is 33.0 Å². The first kappa shape index (κ1) is 11.6. The van der Waals surface area contributed by atoms with Crippen molar-refractivity contribution in [2.75, 3.05) is 0 Å². The second kappa shape index (κ2) is 3.69. The maximum absolute atomic E-state index is 11.4. The molecule has 0 heterocycles. The van der Waals surface area contributed by atoms with Gasteiger partial charge in [0, 0.05) is 5.39 Å². The van der Waals surface area contributed by atoms with Gasteiger partial charge in [0.2, 0.25) is 0 Å². The van der Waals surface area contributed by atoms with E-state index >= 15 is 0 Å². The highest BCUT2D eigenvalue weighted by atomic mass is 32.2. The summed E-state index contributed by atoms with van der Waals surface area (Å²) in [6.45, 7) is 0. The minimum atomic E-state index is -4.48. The van der Waals surface area contributed by atoms with Crippen LogP contribution in [0.15, 0.2) is 59.5 Å². The molecule has 0 amide bonds. The maximum atomic E-state index is 11.4. The quantitative estimate of drug-likeness (QED) is 0.396. The molecule has 0 N–H and O–H groups in total. The summed E-state index contributed by atoms with van der Waals surface area (Å²) in [5.41, 5.74) is 0. The molecule has 20 heavy (non-hydrogen) atoms. The largest absolute Gasteiger partial charge is 0.744 e. The van der Waals surface area contributed by atoms with E-state index in [-0.39, 0.29) is 4.90 Å². The molecule has 0 aliphatic heterocycles. The monoisotopic (exact) mass is 281 g/mol. The van der Waals surface area contributed by atoms with Gasteiger partial charge >= 0.3 is 0 Å². The van der Waals surface area contributed by atoms with E-state index in [2.05, 4.69) is 0 Å². The van der Waals surface area contributed by atoms with E-state index in [4.69, 9.17) is 0 Å². The molecule has 0 aliphatic rings. The Labute approximate surface area is 115 Å². The fourth-order valence-electron chi connectivity index (χ4n) is 2.93. The van der Waals surface area contributed by atoms with Crippen LogP contribution in [0.2, 0.25) is 0 Å². The van der Waals surface area contributed by atoms with Crippen LogP contribution in [-0.4, -0.2) is 13.0 Å². The summed E-state index contributed by atoms with van der Waals surface area (Å²) in [7, 11) is -4.48. The average molecular weight is 281 g/mol. The van der Waals surface area contributed by atoms with Crippen LogP contribution in [0.5, 0.6) is 0 Å². The van der Waals surface area contributed by atoms with Gasteiger partial charge in [-0.2, -0.15) is 0 Å². The minimum absolute atomic E-state index is 0.150. The van der Waals surface area contributed by atoms with Gasteiger partial charge in [-0.25, -0.2) is 8.42 Å². The molecule has 0 unspecified atom stereocenters. The summed E-state index contributed by atoms with van der Waals surface area (Å²) in [6.07, 6.45) is 0. The summed E-state index contributed by atoms with van der Waals surface area (Å²) >= 11 is 0. The molecule has 98 valence electrons. The number of rotatable bonds is 1. The third-order valence-corrected chi connectivity index (χ3v) is 4.65. The predicted octanol–water partition coefficient (Wildman–Crippen LogP) is 3.49. The zero-order chi connectivity index (χ0) is 13.9. The van der Waals surface area contributed by atoms with E-state index in [0.29, 0.717) is 5.39 Å². The van der Waals surface area contributed by atoms with Crippen LogP contribution < -0.4 is 0 Å². The van der Waals surface area contributed by atoms with Crippen LogP contribution in [0, 0.1) is 0 Å².